The van der Waals surface area contributed by atoms with Gasteiger partial charge in [-0.3, -0.25) is 0 Å². The Labute approximate surface area is 141 Å². The molecule has 6 nitrogen and oxygen atoms in total. The van der Waals surface area contributed by atoms with Gasteiger partial charge in [0.05, 0.1) is 25.4 Å². The molecule has 4 rings (SSSR count). The lowest BCUT2D eigenvalue weighted by atomic mass is 9.85. The fourth-order valence-corrected chi connectivity index (χ4v) is 4.73. The molecule has 0 unspecified atom stereocenters. The maximum Gasteiger partial charge on any atom is 0.293 e. The van der Waals surface area contributed by atoms with Crippen LogP contribution in [-0.4, -0.2) is 25.0 Å². The van der Waals surface area contributed by atoms with Gasteiger partial charge in [-0.05, 0) is 17.7 Å². The van der Waals surface area contributed by atoms with E-state index in [0.29, 0.717) is 13.2 Å². The summed E-state index contributed by atoms with van der Waals surface area (Å²) in [6.07, 6.45) is 0. The quantitative estimate of drug-likeness (QED) is 0.809. The molecule has 1 spiro atoms. The van der Waals surface area contributed by atoms with Crippen LogP contribution in [0.2, 0.25) is 0 Å². The van der Waals surface area contributed by atoms with Gasteiger partial charge in [-0.1, -0.05) is 35.0 Å². The fraction of sp³-hybridized carbons (Fsp3) is 0.438. The molecule has 1 aliphatic carbocycles. The number of nitrogens with two attached hydrogens (primary N) is 1. The molecule has 1 saturated carbocycles. The van der Waals surface area contributed by atoms with E-state index in [1.807, 2.05) is 31.2 Å². The molecule has 0 bridgehead atoms. The summed E-state index contributed by atoms with van der Waals surface area (Å²) < 4.78 is 12.3. The zero-order chi connectivity index (χ0) is 16.5. The van der Waals surface area contributed by atoms with Crippen molar-refractivity contribution in [2.75, 3.05) is 13.2 Å². The molecule has 7 heteroatoms. The first kappa shape index (κ1) is 14.6. The van der Waals surface area contributed by atoms with E-state index in [4.69, 9.17) is 15.2 Å². The second kappa shape index (κ2) is 4.12. The van der Waals surface area contributed by atoms with Crippen molar-refractivity contribution in [1.82, 2.24) is 0 Å². The summed E-state index contributed by atoms with van der Waals surface area (Å²) in [6, 6.07) is 12.1. The van der Waals surface area contributed by atoms with Crippen molar-refractivity contribution >= 4 is 21.8 Å². The van der Waals surface area contributed by atoms with Crippen LogP contribution in [-0.2, 0) is 14.9 Å². The SMILES string of the molecule is C[C@]1(c2ccc(Br)cc2)[C@]2(C#N)C(N)=NC3(OCCO3)[C@@]21C#N. The lowest BCUT2D eigenvalue weighted by Gasteiger charge is -2.29. The zero-order valence-corrected chi connectivity index (χ0v) is 13.9. The van der Waals surface area contributed by atoms with E-state index < -0.39 is 22.2 Å². The monoisotopic (exact) mass is 372 g/mol. The third-order valence-electron chi connectivity index (χ3n) is 5.56. The molecule has 3 atom stereocenters. The normalized spacial score (nSPS) is 39.4. The largest absolute Gasteiger partial charge is 0.386 e. The number of benzene rings is 1. The van der Waals surface area contributed by atoms with Crippen molar-refractivity contribution in [3.63, 3.8) is 0 Å². The first-order valence-electron chi connectivity index (χ1n) is 7.18. The molecule has 2 N–H and O–H groups in total. The summed E-state index contributed by atoms with van der Waals surface area (Å²) in [5, 5.41) is 20.0. The predicted octanol–water partition coefficient (Wildman–Crippen LogP) is 1.81. The Balaban J connectivity index is 2.00. The Morgan fingerprint density at radius 1 is 1.17 bits per heavy atom. The number of fused-ring (bicyclic) bond motifs is 2. The van der Waals surface area contributed by atoms with E-state index in [0.717, 1.165) is 10.0 Å². The van der Waals surface area contributed by atoms with Gasteiger partial charge in [0, 0.05) is 9.89 Å². The number of hydrogen-bond acceptors (Lipinski definition) is 6. The zero-order valence-electron chi connectivity index (χ0n) is 12.3. The minimum Gasteiger partial charge on any atom is -0.386 e. The Morgan fingerprint density at radius 3 is 2.30 bits per heavy atom. The highest BCUT2D eigenvalue weighted by Gasteiger charge is 3.00. The van der Waals surface area contributed by atoms with Gasteiger partial charge in [-0.2, -0.15) is 10.5 Å². The van der Waals surface area contributed by atoms with Crippen molar-refractivity contribution in [1.29, 1.82) is 10.5 Å². The van der Waals surface area contributed by atoms with Gasteiger partial charge in [0.2, 0.25) is 0 Å². The molecule has 0 radical (unpaired) electrons. The summed E-state index contributed by atoms with van der Waals surface area (Å²) in [4.78, 5) is 4.27. The minimum absolute atomic E-state index is 0.105. The van der Waals surface area contributed by atoms with Crippen LogP contribution < -0.4 is 5.73 Å². The lowest BCUT2D eigenvalue weighted by Crippen LogP contribution is -2.42. The molecular weight excluding hydrogens is 360 g/mol. The molecule has 3 aliphatic rings. The van der Waals surface area contributed by atoms with Crippen LogP contribution in [0, 0.1) is 33.5 Å². The van der Waals surface area contributed by atoms with E-state index in [1.165, 1.54) is 0 Å². The highest BCUT2D eigenvalue weighted by atomic mass is 79.9. The average Bonchev–Trinajstić information content (AvgIpc) is 2.83. The van der Waals surface area contributed by atoms with Crippen molar-refractivity contribution in [3.05, 3.63) is 34.3 Å². The van der Waals surface area contributed by atoms with Gasteiger partial charge in [0.1, 0.15) is 5.84 Å². The number of halogens is 1. The molecule has 2 heterocycles. The maximum absolute atomic E-state index is 10.1. The van der Waals surface area contributed by atoms with Gasteiger partial charge >= 0.3 is 0 Å². The summed E-state index contributed by atoms with van der Waals surface area (Å²) >= 11 is 3.40. The first-order chi connectivity index (χ1) is 11.0. The fourth-order valence-electron chi connectivity index (χ4n) is 4.46. The Bertz CT molecular complexity index is 818. The molecule has 1 saturated heterocycles. The Morgan fingerprint density at radius 2 is 1.78 bits per heavy atom. The highest BCUT2D eigenvalue weighted by molar-refractivity contribution is 9.10. The van der Waals surface area contributed by atoms with Crippen LogP contribution in [0.3, 0.4) is 0 Å². The summed E-state index contributed by atoms with van der Waals surface area (Å²) in [5.74, 6) is -1.39. The number of nitrogens with zero attached hydrogens (tertiary/aromatic N) is 3. The average molecular weight is 373 g/mol. The lowest BCUT2D eigenvalue weighted by molar-refractivity contribution is -0.187. The van der Waals surface area contributed by atoms with E-state index in [2.05, 4.69) is 33.1 Å². The molecule has 23 heavy (non-hydrogen) atoms. The molecule has 0 amide bonds. The molecule has 116 valence electrons. The van der Waals surface area contributed by atoms with Gasteiger partial charge in [-0.15, -0.1) is 0 Å². The van der Waals surface area contributed by atoms with Crippen molar-refractivity contribution in [2.45, 2.75) is 18.2 Å². The summed E-state index contributed by atoms with van der Waals surface area (Å²) in [6.45, 7) is 2.49. The van der Waals surface area contributed by atoms with Crippen molar-refractivity contribution in [2.24, 2.45) is 21.6 Å². The third kappa shape index (κ3) is 1.19. The highest BCUT2D eigenvalue weighted by Crippen LogP contribution is 2.85. The Hall–Kier alpha value is -1.93. The third-order valence-corrected chi connectivity index (χ3v) is 6.09. The first-order valence-corrected chi connectivity index (χ1v) is 7.97. The number of nitriles is 2. The van der Waals surface area contributed by atoms with Crippen LogP contribution in [0.25, 0.3) is 0 Å². The predicted molar refractivity (Wildman–Crippen MR) is 83.8 cm³/mol. The van der Waals surface area contributed by atoms with Crippen LogP contribution in [0.4, 0.5) is 0 Å². The molecule has 2 fully saturated rings. The van der Waals surface area contributed by atoms with Crippen LogP contribution >= 0.6 is 15.9 Å². The molecule has 0 aromatic heterocycles. The number of ether oxygens (including phenoxy) is 2. The van der Waals surface area contributed by atoms with Gasteiger partial charge in [0.15, 0.2) is 10.8 Å². The summed E-state index contributed by atoms with van der Waals surface area (Å²) in [5.41, 5.74) is 3.55. The second-order valence-corrected chi connectivity index (χ2v) is 7.05. The van der Waals surface area contributed by atoms with Crippen molar-refractivity contribution < 1.29 is 9.47 Å². The van der Waals surface area contributed by atoms with Gasteiger partial charge in [-0.25, -0.2) is 4.99 Å². The van der Waals surface area contributed by atoms with E-state index >= 15 is 0 Å². The number of aliphatic imine (C=N–C) groups is 1. The minimum atomic E-state index is -1.50. The number of hydrogen-bond donors (Lipinski definition) is 1. The van der Waals surface area contributed by atoms with Crippen LogP contribution in [0.15, 0.2) is 33.7 Å². The maximum atomic E-state index is 10.1. The summed E-state index contributed by atoms with van der Waals surface area (Å²) in [7, 11) is 0. The van der Waals surface area contributed by atoms with E-state index in [-0.39, 0.29) is 5.84 Å². The molecule has 2 aliphatic heterocycles. The van der Waals surface area contributed by atoms with E-state index in [1.54, 1.807) is 0 Å². The topological polar surface area (TPSA) is 104 Å². The van der Waals surface area contributed by atoms with Gasteiger partial charge < -0.3 is 15.2 Å². The number of rotatable bonds is 1. The van der Waals surface area contributed by atoms with Gasteiger partial charge in [0.25, 0.3) is 5.91 Å². The smallest absolute Gasteiger partial charge is 0.293 e. The Kier molecular flexibility index (Phi) is 2.63. The molecule has 1 aromatic carbocycles. The van der Waals surface area contributed by atoms with Crippen LogP contribution in [0.1, 0.15) is 12.5 Å². The standard InChI is InChI=1S/C16H13BrN4O2/c1-13(10-2-4-11(17)5-3-10)14(8-18)12(20)21-16(15(13,14)9-19)22-6-7-23-16/h2-5H,6-7H2,1H3,(H2,20,21)/t13-,14-,15+/m0/s1. The van der Waals surface area contributed by atoms with E-state index in [9.17, 15) is 10.5 Å². The van der Waals surface area contributed by atoms with Crippen LogP contribution in [0.5, 0.6) is 0 Å². The second-order valence-electron chi connectivity index (χ2n) is 6.13. The molecule has 1 aromatic rings. The number of amidine groups is 1. The van der Waals surface area contributed by atoms with Crippen molar-refractivity contribution in [3.8, 4) is 12.1 Å². The molecular formula is C16H13BrN4O2.